The Bertz CT molecular complexity index is 6190. The normalized spacial score (nSPS) is 11.4. The first-order chi connectivity index (χ1) is 51.9. The molecule has 5 aromatic heterocycles. The summed E-state index contributed by atoms with van der Waals surface area (Å²) in [5.41, 5.74) is 24.9. The van der Waals surface area contributed by atoms with Gasteiger partial charge < -0.3 is 8.83 Å². The Hall–Kier alpha value is -13.9. The summed E-state index contributed by atoms with van der Waals surface area (Å²) in [5.74, 6) is 4.06. The third-order valence-corrected chi connectivity index (χ3v) is 19.0. The van der Waals surface area contributed by atoms with Gasteiger partial charge in [-0.25, -0.2) is 19.9 Å². The molecule has 12 heteroatoms. The van der Waals surface area contributed by atoms with E-state index in [1.807, 2.05) is 140 Å². The van der Waals surface area contributed by atoms with E-state index in [1.54, 1.807) is 0 Å². The van der Waals surface area contributed by atoms with Crippen molar-refractivity contribution >= 4 is 55.6 Å². The van der Waals surface area contributed by atoms with E-state index in [1.165, 1.54) is 22.3 Å². The predicted molar refractivity (Wildman–Crippen MR) is 423 cm³/mol. The van der Waals surface area contributed by atoms with Crippen LogP contribution in [0.3, 0.4) is 0 Å². The molecule has 0 amide bonds. The second kappa shape index (κ2) is 27.9. The Labute approximate surface area is 609 Å². The zero-order chi connectivity index (χ0) is 70.0. The number of fused-ring (bicyclic) bond motifs is 8. The lowest BCUT2D eigenvalue weighted by Gasteiger charge is -2.12. The highest BCUT2D eigenvalue weighted by Crippen LogP contribution is 2.41. The maximum Gasteiger partial charge on any atom is 0.238 e. The van der Waals surface area contributed by atoms with Crippen molar-refractivity contribution in [3.05, 3.63) is 368 Å². The van der Waals surface area contributed by atoms with Crippen LogP contribution in [-0.4, -0.2) is 44.4 Å². The molecule has 11 nitrogen and oxygen atoms in total. The van der Waals surface area contributed by atoms with Crippen LogP contribution in [0.25, 0.3) is 174 Å². The zero-order valence-corrected chi connectivity index (χ0v) is 57.2. The number of halogens is 1. The average Bonchev–Trinajstić information content (AvgIpc) is 1.57. The molecule has 0 aliphatic heterocycles. The highest BCUT2D eigenvalue weighted by atomic mass is 35.5. The van der Waals surface area contributed by atoms with Crippen LogP contribution < -0.4 is 0 Å². The second-order valence-corrected chi connectivity index (χ2v) is 25.9. The largest absolute Gasteiger partial charge is 0.436 e. The van der Waals surface area contributed by atoms with Gasteiger partial charge in [-0.15, -0.1) is 0 Å². The van der Waals surface area contributed by atoms with Crippen molar-refractivity contribution in [2.75, 3.05) is 0 Å². The topological polar surface area (TPSA) is 134 Å². The van der Waals surface area contributed by atoms with Gasteiger partial charge in [0.05, 0.1) is 11.0 Å². The Morgan fingerprint density at radius 1 is 0.248 bits per heavy atom. The molecule has 0 unspecified atom stereocenters. The molecule has 1 aliphatic carbocycles. The van der Waals surface area contributed by atoms with Gasteiger partial charge in [0.15, 0.2) is 34.5 Å². The van der Waals surface area contributed by atoms with Crippen LogP contribution in [0.15, 0.2) is 361 Å². The number of para-hydroxylation sites is 1. The van der Waals surface area contributed by atoms with Crippen molar-refractivity contribution in [3.8, 4) is 130 Å². The molecule has 105 heavy (non-hydrogen) atoms. The number of hydrogen-bond acceptors (Lipinski definition) is 10. The summed E-state index contributed by atoms with van der Waals surface area (Å²) in [4.78, 5) is 38.6. The molecule has 0 saturated heterocycles. The number of benzene rings is 14. The summed E-state index contributed by atoms with van der Waals surface area (Å²) in [5, 5.41) is 2.29. The van der Waals surface area contributed by atoms with Crippen LogP contribution >= 0.6 is 11.6 Å². The van der Waals surface area contributed by atoms with Crippen molar-refractivity contribution in [1.82, 2.24) is 44.4 Å². The third-order valence-electron chi connectivity index (χ3n) is 18.9. The SMILES string of the molecule is Clc1nc(-c2cccc(-c3ccccc3)c2)nc(-c2cccc(-c3ccccc3)c2)n1.c1ccc(-c2cccc(-c3nc(-c4cccc(-c5ccccc5)c4)nc(-n4c5ccccc5c5cc6nc(-c7ccccc7)oc6cc54)n3)c2)cc1.c1ccc(-c2nc3cc4c(cc3o2)Cc2ccccc2-4)cc1. The van der Waals surface area contributed by atoms with Crippen LogP contribution in [0.2, 0.25) is 5.28 Å². The van der Waals surface area contributed by atoms with E-state index in [2.05, 4.69) is 232 Å². The minimum Gasteiger partial charge on any atom is -0.436 e. The van der Waals surface area contributed by atoms with Gasteiger partial charge in [0.1, 0.15) is 11.0 Å². The number of nitrogens with zero attached hydrogens (tertiary/aromatic N) is 9. The molecule has 20 rings (SSSR count). The summed E-state index contributed by atoms with van der Waals surface area (Å²) in [6.45, 7) is 0. The highest BCUT2D eigenvalue weighted by Gasteiger charge is 2.24. The summed E-state index contributed by atoms with van der Waals surface area (Å²) in [6.07, 6.45) is 0.975. The van der Waals surface area contributed by atoms with Gasteiger partial charge >= 0.3 is 0 Å². The van der Waals surface area contributed by atoms with E-state index in [9.17, 15) is 0 Å². The standard InChI is InChI=1S/C46H29N5O.C27H18ClN3.C20H13NO/c1-4-14-30(15-5-1)33-20-12-22-35(26-33)43-48-44(36-23-13-21-34(27-36)31-16-6-2-7-17-31)50-46(49-43)51-40-25-11-10-24-37(40)38-28-39-42(29-41(38)51)52-45(47-39)32-18-8-3-9-19-32;28-27-30-25(23-15-7-13-21(17-23)19-9-3-1-4-10-19)29-26(31-27)24-16-8-14-22(18-24)20-11-5-2-6-12-20;1-2-6-13(7-3-1)20-21-18-12-17-15(11-19(18)22-20)10-14-8-4-5-9-16(14)17/h1-29H;1-18H;1-9,11-12H,10H2. The van der Waals surface area contributed by atoms with Crippen LogP contribution in [0.1, 0.15) is 11.1 Å². The summed E-state index contributed by atoms with van der Waals surface area (Å²) in [7, 11) is 0. The fourth-order valence-electron chi connectivity index (χ4n) is 13.8. The molecule has 19 aromatic rings. The van der Waals surface area contributed by atoms with Crippen LogP contribution in [-0.2, 0) is 6.42 Å². The molecule has 1 aliphatic rings. The van der Waals surface area contributed by atoms with Crippen molar-refractivity contribution < 1.29 is 8.83 Å². The molecule has 0 N–H and O–H groups in total. The molecule has 0 radical (unpaired) electrons. The maximum atomic E-state index is 6.37. The van der Waals surface area contributed by atoms with Gasteiger partial charge in [-0.2, -0.15) is 19.9 Å². The number of aromatic nitrogens is 9. The van der Waals surface area contributed by atoms with E-state index in [0.717, 1.165) is 123 Å². The first-order valence-corrected chi connectivity index (χ1v) is 35.1. The minimum absolute atomic E-state index is 0.176. The van der Waals surface area contributed by atoms with Crippen LogP contribution in [0.4, 0.5) is 0 Å². The minimum atomic E-state index is 0.176. The fraction of sp³-hybridized carbons (Fsp3) is 0.0108. The summed E-state index contributed by atoms with van der Waals surface area (Å²) < 4.78 is 14.5. The van der Waals surface area contributed by atoms with E-state index in [-0.39, 0.29) is 5.28 Å². The first kappa shape index (κ1) is 63.3. The van der Waals surface area contributed by atoms with Crippen LogP contribution in [0, 0.1) is 0 Å². The summed E-state index contributed by atoms with van der Waals surface area (Å²) >= 11 is 6.30. The third kappa shape index (κ3) is 13.0. The van der Waals surface area contributed by atoms with E-state index >= 15 is 0 Å². The second-order valence-electron chi connectivity index (χ2n) is 25.6. The molecule has 496 valence electrons. The van der Waals surface area contributed by atoms with E-state index in [4.69, 9.17) is 45.4 Å². The average molecular weight is 1370 g/mol. The molecule has 0 bridgehead atoms. The Morgan fingerprint density at radius 2 is 0.610 bits per heavy atom. The van der Waals surface area contributed by atoms with Gasteiger partial charge in [-0.05, 0) is 158 Å². The number of hydrogen-bond donors (Lipinski definition) is 0. The fourth-order valence-corrected chi connectivity index (χ4v) is 13.9. The molecule has 0 saturated carbocycles. The lowest BCUT2D eigenvalue weighted by Crippen LogP contribution is -2.06. The first-order valence-electron chi connectivity index (χ1n) is 34.7. The number of oxazole rings is 2. The molecule has 0 spiro atoms. The molecular weight excluding hydrogens is 1310 g/mol. The van der Waals surface area contributed by atoms with Crippen LogP contribution in [0.5, 0.6) is 0 Å². The Morgan fingerprint density at radius 3 is 1.07 bits per heavy atom. The predicted octanol–water partition coefficient (Wildman–Crippen LogP) is 23.7. The molecule has 0 atom stereocenters. The Balaban J connectivity index is 0.000000124. The van der Waals surface area contributed by atoms with Crippen molar-refractivity contribution in [2.45, 2.75) is 6.42 Å². The highest BCUT2D eigenvalue weighted by molar-refractivity contribution is 6.28. The van der Waals surface area contributed by atoms with Crippen molar-refractivity contribution in [2.24, 2.45) is 0 Å². The molecule has 14 aromatic carbocycles. The van der Waals surface area contributed by atoms with Crippen molar-refractivity contribution in [1.29, 1.82) is 0 Å². The molecule has 5 heterocycles. The van der Waals surface area contributed by atoms with E-state index < -0.39 is 0 Å². The maximum absolute atomic E-state index is 6.37. The lowest BCUT2D eigenvalue weighted by atomic mass is 10.0. The zero-order valence-electron chi connectivity index (χ0n) is 56.4. The molecular formula is C93H60ClN9O2. The number of rotatable bonds is 11. The van der Waals surface area contributed by atoms with Crippen molar-refractivity contribution in [3.63, 3.8) is 0 Å². The van der Waals surface area contributed by atoms with Gasteiger partial charge in [0, 0.05) is 50.2 Å². The van der Waals surface area contributed by atoms with Gasteiger partial charge in [-0.1, -0.05) is 273 Å². The monoisotopic (exact) mass is 1370 g/mol. The molecule has 0 fully saturated rings. The Kier molecular flexibility index (Phi) is 16.8. The van der Waals surface area contributed by atoms with Gasteiger partial charge in [0.2, 0.25) is 23.0 Å². The quantitative estimate of drug-likeness (QED) is 0.123. The lowest BCUT2D eigenvalue weighted by molar-refractivity contribution is 0.619. The van der Waals surface area contributed by atoms with E-state index in [0.29, 0.717) is 46.6 Å². The summed E-state index contributed by atoms with van der Waals surface area (Å²) in [6, 6.07) is 120. The smallest absolute Gasteiger partial charge is 0.238 e. The van der Waals surface area contributed by atoms with Gasteiger partial charge in [0.25, 0.3) is 0 Å². The van der Waals surface area contributed by atoms with Gasteiger partial charge in [-0.3, -0.25) is 4.57 Å².